The molecule has 0 aliphatic rings. The minimum Gasteiger partial charge on any atom is -0.479 e. The van der Waals surface area contributed by atoms with Crippen LogP contribution < -0.4 is 9.64 Å². The Labute approximate surface area is 189 Å². The summed E-state index contributed by atoms with van der Waals surface area (Å²) >= 11 is 5.01. The molecule has 7 nitrogen and oxygen atoms in total. The quantitative estimate of drug-likeness (QED) is 0.462. The van der Waals surface area contributed by atoms with E-state index in [0.717, 1.165) is 34.3 Å². The highest BCUT2D eigenvalue weighted by Crippen LogP contribution is 2.32. The molecule has 0 unspecified atom stereocenters. The summed E-state index contributed by atoms with van der Waals surface area (Å²) in [5.41, 5.74) is 1.31. The van der Waals surface area contributed by atoms with Crippen LogP contribution in [0.5, 0.6) is 5.88 Å². The van der Waals surface area contributed by atoms with E-state index in [9.17, 15) is 4.79 Å². The van der Waals surface area contributed by atoms with E-state index >= 15 is 0 Å². The lowest BCUT2D eigenvalue weighted by Crippen LogP contribution is -2.38. The number of amides is 1. The number of aromatic nitrogens is 3. The fourth-order valence-corrected chi connectivity index (χ4v) is 4.52. The van der Waals surface area contributed by atoms with Gasteiger partial charge < -0.3 is 9.64 Å². The van der Waals surface area contributed by atoms with Crippen LogP contribution in [0.4, 0.5) is 5.13 Å². The lowest BCUT2D eigenvalue weighted by molar-refractivity contribution is 0.0981. The van der Waals surface area contributed by atoms with Gasteiger partial charge in [-0.1, -0.05) is 41.1 Å². The van der Waals surface area contributed by atoms with Crippen molar-refractivity contribution in [2.45, 2.75) is 13.8 Å². The number of hydrogen-bond donors (Lipinski definition) is 0. The van der Waals surface area contributed by atoms with Gasteiger partial charge in [0.15, 0.2) is 5.13 Å². The van der Waals surface area contributed by atoms with Crippen LogP contribution >= 0.6 is 39.7 Å². The van der Waals surface area contributed by atoms with Gasteiger partial charge >= 0.3 is 0 Å². The molecule has 0 radical (unpaired) electrons. The summed E-state index contributed by atoms with van der Waals surface area (Å²) in [5.74, 6) is 0.166. The Hall–Kier alpha value is -1.68. The van der Waals surface area contributed by atoms with Gasteiger partial charge in [0.1, 0.15) is 5.56 Å². The highest BCUT2D eigenvalue weighted by Gasteiger charge is 2.26. The monoisotopic (exact) mass is 501 g/mol. The number of aryl methyl sites for hydroxylation is 1. The number of benzene rings is 1. The van der Waals surface area contributed by atoms with E-state index in [0.29, 0.717) is 23.1 Å². The standard InChI is InChI=1S/C19H24BrN5O2S.ClH/c1-5-24(6-2)9-10-25(18(26)14-12-23(3)22-17(14)27-4)19-21-15-8-7-13(20)11-16(15)28-19;/h7-8,11-12H,5-6,9-10H2,1-4H3;1H. The molecule has 0 fully saturated rings. The summed E-state index contributed by atoms with van der Waals surface area (Å²) < 4.78 is 8.91. The molecule has 1 aromatic carbocycles. The van der Waals surface area contributed by atoms with E-state index in [2.05, 4.69) is 39.8 Å². The number of thiazole rings is 1. The first kappa shape index (κ1) is 23.6. The zero-order valence-electron chi connectivity index (χ0n) is 16.9. The number of hydrogen-bond acceptors (Lipinski definition) is 6. The Kier molecular flexibility index (Phi) is 8.45. The molecule has 0 aliphatic heterocycles. The van der Waals surface area contributed by atoms with E-state index in [-0.39, 0.29) is 18.3 Å². The Morgan fingerprint density at radius 3 is 2.66 bits per heavy atom. The predicted molar refractivity (Wildman–Crippen MR) is 124 cm³/mol. The second-order valence-corrected chi connectivity index (χ2v) is 8.24. The molecule has 0 saturated heterocycles. The number of rotatable bonds is 8. The molecule has 0 saturated carbocycles. The van der Waals surface area contributed by atoms with Crippen molar-refractivity contribution in [3.8, 4) is 5.88 Å². The Balaban J connectivity index is 0.00000300. The zero-order valence-corrected chi connectivity index (χ0v) is 20.1. The molecule has 29 heavy (non-hydrogen) atoms. The molecular weight excluding hydrogens is 478 g/mol. The molecule has 2 aromatic heterocycles. The van der Waals surface area contributed by atoms with E-state index in [4.69, 9.17) is 9.72 Å². The number of anilines is 1. The first-order valence-corrected chi connectivity index (χ1v) is 10.8. The number of ether oxygens (including phenoxy) is 1. The van der Waals surface area contributed by atoms with Crippen LogP contribution in [0.15, 0.2) is 28.9 Å². The maximum Gasteiger partial charge on any atom is 0.267 e. The minimum absolute atomic E-state index is 0. The van der Waals surface area contributed by atoms with Gasteiger partial charge in [0.05, 0.1) is 17.3 Å². The van der Waals surface area contributed by atoms with Gasteiger partial charge in [0, 0.05) is 30.8 Å². The summed E-state index contributed by atoms with van der Waals surface area (Å²) in [5, 5.41) is 4.90. The number of likely N-dealkylation sites (N-methyl/N-ethyl adjacent to an activating group) is 1. The third-order valence-electron chi connectivity index (χ3n) is 4.57. The molecule has 10 heteroatoms. The largest absolute Gasteiger partial charge is 0.479 e. The maximum atomic E-state index is 13.4. The average Bonchev–Trinajstić information content (AvgIpc) is 3.27. The first-order chi connectivity index (χ1) is 13.5. The van der Waals surface area contributed by atoms with Crippen molar-refractivity contribution >= 4 is 60.9 Å². The summed E-state index contributed by atoms with van der Waals surface area (Å²) in [7, 11) is 3.29. The Morgan fingerprint density at radius 1 is 1.28 bits per heavy atom. The van der Waals surface area contributed by atoms with Crippen molar-refractivity contribution in [1.82, 2.24) is 19.7 Å². The van der Waals surface area contributed by atoms with Crippen LogP contribution in [0.25, 0.3) is 10.2 Å². The predicted octanol–water partition coefficient (Wildman–Crippen LogP) is 4.21. The van der Waals surface area contributed by atoms with Gasteiger partial charge in [-0.3, -0.25) is 14.4 Å². The summed E-state index contributed by atoms with van der Waals surface area (Å²) in [6, 6.07) is 5.93. The highest BCUT2D eigenvalue weighted by atomic mass is 79.9. The SMILES string of the molecule is CCN(CC)CCN(C(=O)c1cn(C)nc1OC)c1nc2ccc(Br)cc2s1.Cl. The maximum absolute atomic E-state index is 13.4. The molecule has 158 valence electrons. The van der Waals surface area contributed by atoms with E-state index in [1.807, 2.05) is 18.2 Å². The van der Waals surface area contributed by atoms with Crippen molar-refractivity contribution in [3.63, 3.8) is 0 Å². The smallest absolute Gasteiger partial charge is 0.267 e. The topological polar surface area (TPSA) is 63.5 Å². The van der Waals surface area contributed by atoms with Crippen molar-refractivity contribution < 1.29 is 9.53 Å². The number of fused-ring (bicyclic) bond motifs is 1. The number of carbonyl (C=O) groups is 1. The van der Waals surface area contributed by atoms with E-state index in [1.54, 1.807) is 22.8 Å². The van der Waals surface area contributed by atoms with Gasteiger partial charge in [-0.2, -0.15) is 0 Å². The van der Waals surface area contributed by atoms with Crippen LogP contribution in [0.2, 0.25) is 0 Å². The molecule has 3 rings (SSSR count). The number of nitrogens with zero attached hydrogens (tertiary/aromatic N) is 5. The molecule has 0 spiro atoms. The minimum atomic E-state index is -0.157. The van der Waals surface area contributed by atoms with Crippen molar-refractivity contribution in [2.24, 2.45) is 7.05 Å². The number of halogens is 2. The second kappa shape index (κ2) is 10.4. The molecule has 0 aliphatic carbocycles. The first-order valence-electron chi connectivity index (χ1n) is 9.14. The molecule has 0 bridgehead atoms. The van der Waals surface area contributed by atoms with Gasteiger partial charge in [-0.25, -0.2) is 4.98 Å². The number of methoxy groups -OCH3 is 1. The molecule has 1 amide bonds. The summed E-state index contributed by atoms with van der Waals surface area (Å²) in [6.07, 6.45) is 1.69. The highest BCUT2D eigenvalue weighted by molar-refractivity contribution is 9.10. The van der Waals surface area contributed by atoms with Crippen LogP contribution in [-0.2, 0) is 7.05 Å². The average molecular weight is 503 g/mol. The van der Waals surface area contributed by atoms with Crippen LogP contribution in [0, 0.1) is 0 Å². The molecule has 0 N–H and O–H groups in total. The van der Waals surface area contributed by atoms with Crippen molar-refractivity contribution in [3.05, 3.63) is 34.4 Å². The molecule has 0 atom stereocenters. The zero-order chi connectivity index (χ0) is 20.3. The molecule has 2 heterocycles. The van der Waals surface area contributed by atoms with Crippen LogP contribution in [0.1, 0.15) is 24.2 Å². The van der Waals surface area contributed by atoms with Crippen molar-refractivity contribution in [1.29, 1.82) is 0 Å². The summed E-state index contributed by atoms with van der Waals surface area (Å²) in [6.45, 7) is 7.41. The van der Waals surface area contributed by atoms with E-state index < -0.39 is 0 Å². The van der Waals surface area contributed by atoms with Crippen molar-refractivity contribution in [2.75, 3.05) is 38.2 Å². The summed E-state index contributed by atoms with van der Waals surface area (Å²) in [4.78, 5) is 22.1. The van der Waals surface area contributed by atoms with E-state index in [1.165, 1.54) is 18.4 Å². The Morgan fingerprint density at radius 2 is 2.00 bits per heavy atom. The Bertz CT molecular complexity index is 973. The number of carbonyl (C=O) groups excluding carboxylic acids is 1. The molecular formula is C19H25BrClN5O2S. The third kappa shape index (κ3) is 5.28. The lowest BCUT2D eigenvalue weighted by atomic mass is 10.3. The van der Waals surface area contributed by atoms with Crippen LogP contribution in [-0.4, -0.2) is 58.9 Å². The third-order valence-corrected chi connectivity index (χ3v) is 6.10. The van der Waals surface area contributed by atoms with Gasteiger partial charge in [0.2, 0.25) is 5.88 Å². The molecule has 3 aromatic rings. The lowest BCUT2D eigenvalue weighted by Gasteiger charge is -2.24. The fraction of sp³-hybridized carbons (Fsp3) is 0.421. The fourth-order valence-electron chi connectivity index (χ4n) is 2.98. The second-order valence-electron chi connectivity index (χ2n) is 6.32. The van der Waals surface area contributed by atoms with Crippen LogP contribution in [0.3, 0.4) is 0 Å². The van der Waals surface area contributed by atoms with Gasteiger partial charge in [-0.05, 0) is 31.3 Å². The van der Waals surface area contributed by atoms with Gasteiger partial charge in [-0.15, -0.1) is 17.5 Å². The normalized spacial score (nSPS) is 11.0. The van der Waals surface area contributed by atoms with Gasteiger partial charge in [0.25, 0.3) is 5.91 Å².